The molecule has 1 aliphatic heterocycles. The average Bonchev–Trinajstić information content (AvgIpc) is 2.78. The molecule has 0 radical (unpaired) electrons. The van der Waals surface area contributed by atoms with Crippen molar-refractivity contribution in [1.29, 1.82) is 5.26 Å². The number of carbonyl (C=O) groups excluding carboxylic acids is 1. The fourth-order valence-electron chi connectivity index (χ4n) is 3.04. The molecule has 9 heteroatoms. The monoisotopic (exact) mass is 408 g/mol. The first-order valence-corrected chi connectivity index (χ1v) is 9.20. The number of nitro benzene ring substituents is 1. The first-order chi connectivity index (χ1) is 14.5. The van der Waals surface area contributed by atoms with Gasteiger partial charge < -0.3 is 19.7 Å². The van der Waals surface area contributed by atoms with Crippen molar-refractivity contribution in [3.05, 3.63) is 63.7 Å². The van der Waals surface area contributed by atoms with Crippen LogP contribution in [0.5, 0.6) is 5.75 Å². The number of rotatable bonds is 6. The van der Waals surface area contributed by atoms with Crippen molar-refractivity contribution < 1.29 is 19.2 Å². The van der Waals surface area contributed by atoms with Crippen LogP contribution in [0.3, 0.4) is 0 Å². The molecule has 0 bridgehead atoms. The van der Waals surface area contributed by atoms with Crippen molar-refractivity contribution in [2.24, 2.45) is 0 Å². The van der Waals surface area contributed by atoms with Crippen molar-refractivity contribution in [3.8, 4) is 11.8 Å². The lowest BCUT2D eigenvalue weighted by atomic mass is 10.1. The number of nitro groups is 1. The first-order valence-electron chi connectivity index (χ1n) is 9.20. The van der Waals surface area contributed by atoms with Crippen LogP contribution >= 0.6 is 0 Å². The number of morpholine rings is 1. The van der Waals surface area contributed by atoms with E-state index in [0.29, 0.717) is 49.0 Å². The molecule has 1 aliphatic rings. The lowest BCUT2D eigenvalue weighted by Crippen LogP contribution is -2.36. The predicted octanol–water partition coefficient (Wildman–Crippen LogP) is 2.99. The molecule has 2 aromatic rings. The number of benzene rings is 2. The van der Waals surface area contributed by atoms with Crippen molar-refractivity contribution >= 4 is 29.0 Å². The second-order valence-corrected chi connectivity index (χ2v) is 6.46. The highest BCUT2D eigenvalue weighted by Gasteiger charge is 2.22. The molecule has 2 aromatic carbocycles. The van der Waals surface area contributed by atoms with Crippen LogP contribution < -0.4 is 15.0 Å². The molecule has 1 heterocycles. The fraction of sp³-hybridized carbons (Fsp3) is 0.238. The van der Waals surface area contributed by atoms with E-state index < -0.39 is 10.8 Å². The SMILES string of the molecule is COc1ccc(NC(=O)C(C#N)=Cc2ccc(N3CCOCC3)c([N+](=O)[O-])c2)cc1. The van der Waals surface area contributed by atoms with Crippen LogP contribution in [-0.4, -0.2) is 44.2 Å². The van der Waals surface area contributed by atoms with E-state index in [9.17, 15) is 20.2 Å². The van der Waals surface area contributed by atoms with E-state index in [1.165, 1.54) is 19.3 Å². The van der Waals surface area contributed by atoms with Crippen LogP contribution in [0.1, 0.15) is 5.56 Å². The molecule has 0 atom stereocenters. The highest BCUT2D eigenvalue weighted by molar-refractivity contribution is 6.09. The van der Waals surface area contributed by atoms with Crippen molar-refractivity contribution in [2.45, 2.75) is 0 Å². The number of anilines is 2. The van der Waals surface area contributed by atoms with Gasteiger partial charge in [-0.2, -0.15) is 5.26 Å². The maximum Gasteiger partial charge on any atom is 0.293 e. The van der Waals surface area contributed by atoms with Crippen LogP contribution in [0.15, 0.2) is 48.0 Å². The van der Waals surface area contributed by atoms with Crippen LogP contribution in [0, 0.1) is 21.4 Å². The molecular formula is C21H20N4O5. The summed E-state index contributed by atoms with van der Waals surface area (Å²) in [6.45, 7) is 2.12. The maximum absolute atomic E-state index is 12.4. The molecule has 3 rings (SSSR count). The molecule has 1 amide bonds. The molecule has 0 saturated carbocycles. The predicted molar refractivity (Wildman–Crippen MR) is 111 cm³/mol. The third-order valence-electron chi connectivity index (χ3n) is 4.57. The zero-order valence-electron chi connectivity index (χ0n) is 16.3. The van der Waals surface area contributed by atoms with Gasteiger partial charge in [0, 0.05) is 24.8 Å². The van der Waals surface area contributed by atoms with Gasteiger partial charge in [0.2, 0.25) is 0 Å². The van der Waals surface area contributed by atoms with Gasteiger partial charge in [-0.3, -0.25) is 14.9 Å². The highest BCUT2D eigenvalue weighted by Crippen LogP contribution is 2.30. The number of methoxy groups -OCH3 is 1. The first kappa shape index (κ1) is 20.8. The van der Waals surface area contributed by atoms with Gasteiger partial charge in [-0.05, 0) is 42.0 Å². The summed E-state index contributed by atoms with van der Waals surface area (Å²) in [4.78, 5) is 25.4. The summed E-state index contributed by atoms with van der Waals surface area (Å²) in [5.74, 6) is 0.0271. The Labute approximate surface area is 173 Å². The molecule has 0 aliphatic carbocycles. The smallest absolute Gasteiger partial charge is 0.293 e. The number of hydrogen-bond donors (Lipinski definition) is 1. The minimum absolute atomic E-state index is 0.0847. The Balaban J connectivity index is 1.83. The van der Waals surface area contributed by atoms with Crippen LogP contribution in [0.4, 0.5) is 17.1 Å². The van der Waals surface area contributed by atoms with Gasteiger partial charge in [0.25, 0.3) is 11.6 Å². The maximum atomic E-state index is 12.4. The summed E-state index contributed by atoms with van der Waals surface area (Å²) in [6.07, 6.45) is 1.33. The number of hydrogen-bond acceptors (Lipinski definition) is 7. The van der Waals surface area contributed by atoms with Gasteiger partial charge in [-0.25, -0.2) is 0 Å². The van der Waals surface area contributed by atoms with Crippen molar-refractivity contribution in [2.75, 3.05) is 43.6 Å². The molecule has 0 unspecified atom stereocenters. The number of carbonyl (C=O) groups is 1. The van der Waals surface area contributed by atoms with E-state index in [4.69, 9.17) is 9.47 Å². The van der Waals surface area contributed by atoms with E-state index in [2.05, 4.69) is 5.32 Å². The number of nitriles is 1. The largest absolute Gasteiger partial charge is 0.497 e. The van der Waals surface area contributed by atoms with Gasteiger partial charge in [-0.15, -0.1) is 0 Å². The topological polar surface area (TPSA) is 118 Å². The third-order valence-corrected chi connectivity index (χ3v) is 4.57. The minimum atomic E-state index is -0.609. The highest BCUT2D eigenvalue weighted by atomic mass is 16.6. The lowest BCUT2D eigenvalue weighted by Gasteiger charge is -2.28. The molecule has 1 N–H and O–H groups in total. The second kappa shape index (κ2) is 9.54. The lowest BCUT2D eigenvalue weighted by molar-refractivity contribution is -0.384. The molecule has 154 valence electrons. The Kier molecular flexibility index (Phi) is 6.62. The Morgan fingerprint density at radius 2 is 1.97 bits per heavy atom. The quantitative estimate of drug-likeness (QED) is 0.338. The Morgan fingerprint density at radius 1 is 1.27 bits per heavy atom. The molecule has 1 fully saturated rings. The minimum Gasteiger partial charge on any atom is -0.497 e. The van der Waals surface area contributed by atoms with E-state index in [1.807, 2.05) is 11.0 Å². The van der Waals surface area contributed by atoms with Gasteiger partial charge in [-0.1, -0.05) is 6.07 Å². The number of ether oxygens (including phenoxy) is 2. The van der Waals surface area contributed by atoms with Gasteiger partial charge in [0.15, 0.2) is 0 Å². The summed E-state index contributed by atoms with van der Waals surface area (Å²) in [5, 5.41) is 23.6. The second-order valence-electron chi connectivity index (χ2n) is 6.46. The molecule has 0 spiro atoms. The number of nitrogens with zero attached hydrogens (tertiary/aromatic N) is 3. The third kappa shape index (κ3) is 4.92. The molecular weight excluding hydrogens is 388 g/mol. The summed E-state index contributed by atoms with van der Waals surface area (Å²) < 4.78 is 10.4. The van der Waals surface area contributed by atoms with Crippen molar-refractivity contribution in [1.82, 2.24) is 0 Å². The summed E-state index contributed by atoms with van der Waals surface area (Å²) >= 11 is 0. The molecule has 30 heavy (non-hydrogen) atoms. The van der Waals surface area contributed by atoms with Crippen molar-refractivity contribution in [3.63, 3.8) is 0 Å². The van der Waals surface area contributed by atoms with E-state index in [1.54, 1.807) is 36.4 Å². The Morgan fingerprint density at radius 3 is 2.57 bits per heavy atom. The van der Waals surface area contributed by atoms with Crippen LogP contribution in [-0.2, 0) is 9.53 Å². The summed E-state index contributed by atoms with van der Waals surface area (Å²) in [7, 11) is 1.54. The summed E-state index contributed by atoms with van der Waals surface area (Å²) in [6, 6.07) is 13.1. The Hall–Kier alpha value is -3.90. The Bertz CT molecular complexity index is 1010. The van der Waals surface area contributed by atoms with Gasteiger partial charge in [0.05, 0.1) is 25.2 Å². The number of amides is 1. The van der Waals surface area contributed by atoms with Gasteiger partial charge >= 0.3 is 0 Å². The molecule has 9 nitrogen and oxygen atoms in total. The van der Waals surface area contributed by atoms with E-state index in [-0.39, 0.29) is 11.3 Å². The van der Waals surface area contributed by atoms with Crippen LogP contribution in [0.25, 0.3) is 6.08 Å². The average molecular weight is 408 g/mol. The fourth-order valence-corrected chi connectivity index (χ4v) is 3.04. The standard InChI is InChI=1S/C21H20N4O5/c1-29-18-5-3-17(4-6-18)23-21(26)16(14-22)12-15-2-7-19(20(13-15)25(27)28)24-8-10-30-11-9-24/h2-7,12-13H,8-11H2,1H3,(H,23,26). The molecule has 0 aromatic heterocycles. The van der Waals surface area contributed by atoms with Crippen LogP contribution in [0.2, 0.25) is 0 Å². The molecule has 1 saturated heterocycles. The normalized spacial score (nSPS) is 14.0. The van der Waals surface area contributed by atoms with E-state index >= 15 is 0 Å². The zero-order chi connectivity index (χ0) is 21.5. The number of nitrogens with one attached hydrogen (secondary N) is 1. The van der Waals surface area contributed by atoms with E-state index in [0.717, 1.165) is 0 Å². The van der Waals surface area contributed by atoms with Gasteiger partial charge in [0.1, 0.15) is 23.1 Å². The zero-order valence-corrected chi connectivity index (χ0v) is 16.3. The summed E-state index contributed by atoms with van der Waals surface area (Å²) in [5.41, 5.74) is 1.12.